The lowest BCUT2D eigenvalue weighted by molar-refractivity contribution is -0.387. The molecule has 0 aromatic heterocycles. The number of carbonyl (C=O) groups excluding carboxylic acids is 1. The number of carbonyl (C=O) groups is 1. The maximum absolute atomic E-state index is 13.3. The van der Waals surface area contributed by atoms with Crippen LogP contribution in [-0.4, -0.2) is 23.9 Å². The van der Waals surface area contributed by atoms with Crippen LogP contribution < -0.4 is 10.6 Å². The molecule has 1 aromatic carbocycles. The topological polar surface area (TPSA) is 84.3 Å². The van der Waals surface area contributed by atoms with E-state index >= 15 is 0 Å². The Morgan fingerprint density at radius 1 is 1.53 bits per heavy atom. The highest BCUT2D eigenvalue weighted by Gasteiger charge is 2.16. The van der Waals surface area contributed by atoms with Crippen LogP contribution in [0.15, 0.2) is 18.2 Å². The predicted octanol–water partition coefficient (Wildman–Crippen LogP) is 1.92. The summed E-state index contributed by atoms with van der Waals surface area (Å²) in [5.41, 5.74) is -0.407. The molecular weight excluding hydrogens is 253 g/mol. The Bertz CT molecular complexity index is 479. The van der Waals surface area contributed by atoms with Crippen LogP contribution in [0.4, 0.5) is 15.8 Å². The lowest BCUT2D eigenvalue weighted by Gasteiger charge is -2.12. The standard InChI is InChI=1S/C12H16FN3O3/c1-3-14-7-8(2)12(17)15-9-4-5-11(16(18)19)10(13)6-9/h4-6,8,14H,3,7H2,1-2H3,(H,15,17). The molecule has 0 aliphatic rings. The first-order valence-corrected chi connectivity index (χ1v) is 5.91. The molecule has 7 heteroatoms. The Labute approximate surface area is 110 Å². The van der Waals surface area contributed by atoms with Gasteiger partial charge >= 0.3 is 5.69 Å². The largest absolute Gasteiger partial charge is 0.326 e. The van der Waals surface area contributed by atoms with E-state index in [1.54, 1.807) is 6.92 Å². The molecule has 0 saturated carbocycles. The zero-order valence-corrected chi connectivity index (χ0v) is 10.8. The monoisotopic (exact) mass is 269 g/mol. The van der Waals surface area contributed by atoms with E-state index in [0.717, 1.165) is 18.7 Å². The molecule has 0 radical (unpaired) electrons. The van der Waals surface area contributed by atoms with Gasteiger partial charge in [0.2, 0.25) is 11.7 Å². The van der Waals surface area contributed by atoms with E-state index in [0.29, 0.717) is 6.54 Å². The third-order valence-corrected chi connectivity index (χ3v) is 2.56. The number of nitrogens with one attached hydrogen (secondary N) is 2. The number of hydrogen-bond donors (Lipinski definition) is 2. The molecule has 0 saturated heterocycles. The number of benzene rings is 1. The molecule has 1 atom stereocenters. The van der Waals surface area contributed by atoms with Gasteiger partial charge in [0, 0.05) is 30.3 Å². The molecule has 1 amide bonds. The fraction of sp³-hybridized carbons (Fsp3) is 0.417. The first-order valence-electron chi connectivity index (χ1n) is 5.91. The van der Waals surface area contributed by atoms with Gasteiger partial charge in [-0.2, -0.15) is 4.39 Å². The van der Waals surface area contributed by atoms with Crippen molar-refractivity contribution in [2.24, 2.45) is 5.92 Å². The minimum absolute atomic E-state index is 0.205. The van der Waals surface area contributed by atoms with Crippen LogP contribution >= 0.6 is 0 Å². The average molecular weight is 269 g/mol. The van der Waals surface area contributed by atoms with Crippen molar-refractivity contribution in [1.29, 1.82) is 0 Å². The summed E-state index contributed by atoms with van der Waals surface area (Å²) in [6.07, 6.45) is 0. The molecule has 19 heavy (non-hydrogen) atoms. The van der Waals surface area contributed by atoms with Crippen LogP contribution in [0.3, 0.4) is 0 Å². The quantitative estimate of drug-likeness (QED) is 0.610. The van der Waals surface area contributed by atoms with Crippen molar-refractivity contribution in [1.82, 2.24) is 5.32 Å². The fourth-order valence-electron chi connectivity index (χ4n) is 1.45. The molecule has 0 heterocycles. The van der Waals surface area contributed by atoms with Gasteiger partial charge in [0.1, 0.15) is 0 Å². The molecule has 6 nitrogen and oxygen atoms in total. The van der Waals surface area contributed by atoms with E-state index < -0.39 is 16.4 Å². The van der Waals surface area contributed by atoms with E-state index in [4.69, 9.17) is 0 Å². The Morgan fingerprint density at radius 3 is 2.74 bits per heavy atom. The van der Waals surface area contributed by atoms with Gasteiger partial charge in [-0.15, -0.1) is 0 Å². The smallest absolute Gasteiger partial charge is 0.304 e. The SMILES string of the molecule is CCNCC(C)C(=O)Nc1ccc([N+](=O)[O-])c(F)c1. The average Bonchev–Trinajstić information content (AvgIpc) is 2.35. The number of anilines is 1. The molecule has 0 fully saturated rings. The summed E-state index contributed by atoms with van der Waals surface area (Å²) in [4.78, 5) is 21.4. The number of nitro benzene ring substituents is 1. The summed E-state index contributed by atoms with van der Waals surface area (Å²) in [6, 6.07) is 3.27. The highest BCUT2D eigenvalue weighted by Crippen LogP contribution is 2.21. The van der Waals surface area contributed by atoms with E-state index in [2.05, 4.69) is 10.6 Å². The molecule has 0 aliphatic heterocycles. The summed E-state index contributed by atoms with van der Waals surface area (Å²) in [5, 5.41) is 16.0. The molecule has 104 valence electrons. The Hall–Kier alpha value is -2.02. The third kappa shape index (κ3) is 4.29. The van der Waals surface area contributed by atoms with Gasteiger partial charge in [0.15, 0.2) is 0 Å². The summed E-state index contributed by atoms with van der Waals surface area (Å²) in [5.74, 6) is -1.52. The summed E-state index contributed by atoms with van der Waals surface area (Å²) in [7, 11) is 0. The normalized spacial score (nSPS) is 11.9. The van der Waals surface area contributed by atoms with Crippen LogP contribution in [0.5, 0.6) is 0 Å². The molecule has 0 aliphatic carbocycles. The van der Waals surface area contributed by atoms with Gasteiger partial charge < -0.3 is 10.6 Å². The number of hydrogen-bond acceptors (Lipinski definition) is 4. The van der Waals surface area contributed by atoms with Crippen LogP contribution in [0.1, 0.15) is 13.8 Å². The van der Waals surface area contributed by atoms with E-state index in [1.165, 1.54) is 6.07 Å². The van der Waals surface area contributed by atoms with Crippen molar-refractivity contribution >= 4 is 17.3 Å². The second-order valence-electron chi connectivity index (χ2n) is 4.12. The highest BCUT2D eigenvalue weighted by molar-refractivity contribution is 5.92. The van der Waals surface area contributed by atoms with Gasteiger partial charge in [-0.05, 0) is 12.6 Å². The second-order valence-corrected chi connectivity index (χ2v) is 4.12. The van der Waals surface area contributed by atoms with Crippen LogP contribution in [0.25, 0.3) is 0 Å². The number of halogens is 1. The molecule has 1 rings (SSSR count). The van der Waals surface area contributed by atoms with Gasteiger partial charge in [-0.1, -0.05) is 13.8 Å². The minimum Gasteiger partial charge on any atom is -0.326 e. The van der Waals surface area contributed by atoms with E-state index in [-0.39, 0.29) is 17.5 Å². The van der Waals surface area contributed by atoms with Crippen LogP contribution in [-0.2, 0) is 4.79 Å². The zero-order valence-electron chi connectivity index (χ0n) is 10.8. The van der Waals surface area contributed by atoms with Crippen LogP contribution in [0.2, 0.25) is 0 Å². The first kappa shape index (κ1) is 15.0. The van der Waals surface area contributed by atoms with Crippen molar-refractivity contribution < 1.29 is 14.1 Å². The van der Waals surface area contributed by atoms with Crippen molar-refractivity contribution in [2.45, 2.75) is 13.8 Å². The number of nitro groups is 1. The van der Waals surface area contributed by atoms with Crippen molar-refractivity contribution in [3.05, 3.63) is 34.1 Å². The summed E-state index contributed by atoms with van der Waals surface area (Å²) < 4.78 is 13.3. The fourth-order valence-corrected chi connectivity index (χ4v) is 1.45. The van der Waals surface area contributed by atoms with Crippen molar-refractivity contribution in [3.8, 4) is 0 Å². The first-order chi connectivity index (χ1) is 8.95. The summed E-state index contributed by atoms with van der Waals surface area (Å²) >= 11 is 0. The van der Waals surface area contributed by atoms with E-state index in [9.17, 15) is 19.3 Å². The lowest BCUT2D eigenvalue weighted by atomic mass is 10.1. The van der Waals surface area contributed by atoms with Crippen LogP contribution in [0, 0.1) is 21.8 Å². The molecular formula is C12H16FN3O3. The number of amides is 1. The van der Waals surface area contributed by atoms with Gasteiger partial charge in [0.05, 0.1) is 4.92 Å². The predicted molar refractivity (Wildman–Crippen MR) is 69.4 cm³/mol. The number of nitrogens with zero attached hydrogens (tertiary/aromatic N) is 1. The van der Waals surface area contributed by atoms with Crippen molar-refractivity contribution in [2.75, 3.05) is 18.4 Å². The minimum atomic E-state index is -0.970. The maximum Gasteiger partial charge on any atom is 0.304 e. The highest BCUT2D eigenvalue weighted by atomic mass is 19.1. The Balaban J connectivity index is 2.70. The van der Waals surface area contributed by atoms with Gasteiger partial charge in [-0.3, -0.25) is 14.9 Å². The molecule has 2 N–H and O–H groups in total. The third-order valence-electron chi connectivity index (χ3n) is 2.56. The number of rotatable bonds is 6. The van der Waals surface area contributed by atoms with E-state index in [1.807, 2.05) is 6.92 Å². The zero-order chi connectivity index (χ0) is 14.4. The molecule has 1 unspecified atom stereocenters. The Kier molecular flexibility index (Phi) is 5.37. The van der Waals surface area contributed by atoms with Gasteiger partial charge in [0.25, 0.3) is 0 Å². The van der Waals surface area contributed by atoms with Gasteiger partial charge in [-0.25, -0.2) is 0 Å². The molecule has 1 aromatic rings. The molecule has 0 bridgehead atoms. The lowest BCUT2D eigenvalue weighted by Crippen LogP contribution is -2.30. The van der Waals surface area contributed by atoms with Crippen molar-refractivity contribution in [3.63, 3.8) is 0 Å². The summed E-state index contributed by atoms with van der Waals surface area (Å²) in [6.45, 7) is 4.93. The second kappa shape index (κ2) is 6.79. The Morgan fingerprint density at radius 2 is 2.21 bits per heavy atom. The molecule has 0 spiro atoms. The maximum atomic E-state index is 13.3.